The van der Waals surface area contributed by atoms with Gasteiger partial charge in [-0.2, -0.15) is 0 Å². The Morgan fingerprint density at radius 3 is 2.46 bits per heavy atom. The van der Waals surface area contributed by atoms with Gasteiger partial charge in [0.25, 0.3) is 0 Å². The standard InChI is InChI=1S/C21H23BrN2O2/c22-17-5-3-16(4-6-17)19-13-20(19)21(25)23-14-15-1-7-18(8-2-15)24-9-11-26-12-10-24/h1-8,19-20H,9-14H2,(H,23,25). The first kappa shape index (κ1) is 17.6. The minimum atomic E-state index is 0.115. The molecule has 1 N–H and O–H groups in total. The SMILES string of the molecule is O=C(NCc1ccc(N2CCOCC2)cc1)C1CC1c1ccc(Br)cc1. The monoisotopic (exact) mass is 414 g/mol. The number of hydrogen-bond donors (Lipinski definition) is 1. The van der Waals surface area contributed by atoms with E-state index >= 15 is 0 Å². The Labute approximate surface area is 162 Å². The van der Waals surface area contributed by atoms with Crippen molar-refractivity contribution in [1.29, 1.82) is 0 Å². The Kier molecular flexibility index (Phi) is 5.27. The van der Waals surface area contributed by atoms with Crippen LogP contribution in [0.15, 0.2) is 53.0 Å². The van der Waals surface area contributed by atoms with Gasteiger partial charge in [-0.1, -0.05) is 40.2 Å². The summed E-state index contributed by atoms with van der Waals surface area (Å²) < 4.78 is 6.47. The van der Waals surface area contributed by atoms with Gasteiger partial charge in [-0.15, -0.1) is 0 Å². The zero-order valence-electron chi connectivity index (χ0n) is 14.7. The van der Waals surface area contributed by atoms with Gasteiger partial charge < -0.3 is 15.0 Å². The molecular weight excluding hydrogens is 392 g/mol. The highest BCUT2D eigenvalue weighted by Gasteiger charge is 2.43. The number of carbonyl (C=O) groups excluding carboxylic acids is 1. The predicted octanol–water partition coefficient (Wildman–Crippen LogP) is 3.71. The number of nitrogens with zero attached hydrogens (tertiary/aromatic N) is 1. The van der Waals surface area contributed by atoms with Crippen molar-refractivity contribution in [2.75, 3.05) is 31.2 Å². The van der Waals surface area contributed by atoms with E-state index < -0.39 is 0 Å². The van der Waals surface area contributed by atoms with Crippen LogP contribution < -0.4 is 10.2 Å². The molecule has 2 aromatic carbocycles. The number of nitrogens with one attached hydrogen (secondary N) is 1. The number of hydrogen-bond acceptors (Lipinski definition) is 3. The number of ether oxygens (including phenoxy) is 1. The van der Waals surface area contributed by atoms with Crippen LogP contribution >= 0.6 is 15.9 Å². The molecule has 5 heteroatoms. The van der Waals surface area contributed by atoms with Crippen molar-refractivity contribution in [2.45, 2.75) is 18.9 Å². The molecule has 2 fully saturated rings. The quantitative estimate of drug-likeness (QED) is 0.810. The summed E-state index contributed by atoms with van der Waals surface area (Å²) in [5.74, 6) is 0.644. The predicted molar refractivity (Wildman–Crippen MR) is 106 cm³/mol. The molecule has 4 nitrogen and oxygen atoms in total. The fourth-order valence-electron chi connectivity index (χ4n) is 3.53. The number of amides is 1. The molecular formula is C21H23BrN2O2. The Hall–Kier alpha value is -1.85. The molecule has 0 bridgehead atoms. The van der Waals surface area contributed by atoms with Crippen molar-refractivity contribution in [3.05, 3.63) is 64.1 Å². The average Bonchev–Trinajstić information content (AvgIpc) is 3.49. The molecule has 2 atom stereocenters. The summed E-state index contributed by atoms with van der Waals surface area (Å²) in [6.45, 7) is 4.05. The first-order valence-corrected chi connectivity index (χ1v) is 9.95. The fourth-order valence-corrected chi connectivity index (χ4v) is 3.79. The van der Waals surface area contributed by atoms with E-state index in [-0.39, 0.29) is 11.8 Å². The molecule has 1 aliphatic carbocycles. The zero-order valence-corrected chi connectivity index (χ0v) is 16.2. The first-order chi connectivity index (χ1) is 12.7. The fraction of sp³-hybridized carbons (Fsp3) is 0.381. The van der Waals surface area contributed by atoms with Crippen LogP contribution in [-0.2, 0) is 16.1 Å². The zero-order chi connectivity index (χ0) is 17.9. The second-order valence-corrected chi connectivity index (χ2v) is 7.90. The average molecular weight is 415 g/mol. The third-order valence-electron chi connectivity index (χ3n) is 5.20. The van der Waals surface area contributed by atoms with Gasteiger partial charge in [-0.05, 0) is 47.7 Å². The number of carbonyl (C=O) groups is 1. The van der Waals surface area contributed by atoms with E-state index in [0.29, 0.717) is 12.5 Å². The van der Waals surface area contributed by atoms with Crippen LogP contribution in [0, 0.1) is 5.92 Å². The van der Waals surface area contributed by atoms with Crippen molar-refractivity contribution in [2.24, 2.45) is 5.92 Å². The van der Waals surface area contributed by atoms with Crippen molar-refractivity contribution >= 4 is 27.5 Å². The van der Waals surface area contributed by atoms with E-state index in [1.165, 1.54) is 11.3 Å². The van der Waals surface area contributed by atoms with Crippen molar-refractivity contribution in [1.82, 2.24) is 5.32 Å². The lowest BCUT2D eigenvalue weighted by molar-refractivity contribution is -0.122. The van der Waals surface area contributed by atoms with E-state index in [1.54, 1.807) is 0 Å². The van der Waals surface area contributed by atoms with Crippen molar-refractivity contribution in [3.63, 3.8) is 0 Å². The lowest BCUT2D eigenvalue weighted by Crippen LogP contribution is -2.36. The Morgan fingerprint density at radius 1 is 1.08 bits per heavy atom. The molecule has 4 rings (SSSR count). The molecule has 1 heterocycles. The lowest BCUT2D eigenvalue weighted by Gasteiger charge is -2.28. The minimum Gasteiger partial charge on any atom is -0.378 e. The summed E-state index contributed by atoms with van der Waals surface area (Å²) >= 11 is 3.45. The normalized spacial score (nSPS) is 22.1. The molecule has 0 aromatic heterocycles. The van der Waals surface area contributed by atoms with Gasteiger partial charge >= 0.3 is 0 Å². The number of morpholine rings is 1. The maximum Gasteiger partial charge on any atom is 0.224 e. The van der Waals surface area contributed by atoms with Crippen LogP contribution in [0.1, 0.15) is 23.5 Å². The summed E-state index contributed by atoms with van der Waals surface area (Å²) in [5.41, 5.74) is 3.61. The summed E-state index contributed by atoms with van der Waals surface area (Å²) in [4.78, 5) is 14.7. The molecule has 1 saturated heterocycles. The molecule has 1 amide bonds. The molecule has 2 unspecified atom stereocenters. The summed E-state index contributed by atoms with van der Waals surface area (Å²) in [7, 11) is 0. The van der Waals surface area contributed by atoms with E-state index in [2.05, 4.69) is 62.5 Å². The number of rotatable bonds is 5. The highest BCUT2D eigenvalue weighted by atomic mass is 79.9. The second kappa shape index (κ2) is 7.80. The molecule has 1 saturated carbocycles. The molecule has 0 radical (unpaired) electrons. The van der Waals surface area contributed by atoms with E-state index in [1.807, 2.05) is 12.1 Å². The van der Waals surface area contributed by atoms with Gasteiger partial charge in [0.05, 0.1) is 13.2 Å². The first-order valence-electron chi connectivity index (χ1n) is 9.15. The highest BCUT2D eigenvalue weighted by Crippen LogP contribution is 2.47. The third-order valence-corrected chi connectivity index (χ3v) is 5.73. The smallest absolute Gasteiger partial charge is 0.224 e. The summed E-state index contributed by atoms with van der Waals surface area (Å²) in [6, 6.07) is 16.8. The van der Waals surface area contributed by atoms with Crippen LogP contribution in [0.5, 0.6) is 0 Å². The molecule has 26 heavy (non-hydrogen) atoms. The largest absolute Gasteiger partial charge is 0.378 e. The van der Waals surface area contributed by atoms with E-state index in [4.69, 9.17) is 4.74 Å². The van der Waals surface area contributed by atoms with Crippen molar-refractivity contribution in [3.8, 4) is 0 Å². The second-order valence-electron chi connectivity index (χ2n) is 6.98. The molecule has 2 aliphatic rings. The van der Waals surface area contributed by atoms with Gasteiger partial charge in [-0.25, -0.2) is 0 Å². The Bertz CT molecular complexity index is 755. The van der Waals surface area contributed by atoms with Crippen LogP contribution in [0.2, 0.25) is 0 Å². The van der Waals surface area contributed by atoms with Crippen LogP contribution in [0.25, 0.3) is 0 Å². The molecule has 136 valence electrons. The van der Waals surface area contributed by atoms with Gasteiger partial charge in [0.1, 0.15) is 0 Å². The number of anilines is 1. The van der Waals surface area contributed by atoms with Gasteiger partial charge in [0.15, 0.2) is 0 Å². The molecule has 1 aliphatic heterocycles. The van der Waals surface area contributed by atoms with Gasteiger partial charge in [-0.3, -0.25) is 4.79 Å². The maximum atomic E-state index is 12.4. The highest BCUT2D eigenvalue weighted by molar-refractivity contribution is 9.10. The van der Waals surface area contributed by atoms with Crippen LogP contribution in [0.4, 0.5) is 5.69 Å². The lowest BCUT2D eigenvalue weighted by atomic mass is 10.1. The Balaban J connectivity index is 1.27. The third kappa shape index (κ3) is 4.10. The summed E-state index contributed by atoms with van der Waals surface area (Å²) in [5, 5.41) is 3.09. The molecule has 2 aromatic rings. The molecule has 0 spiro atoms. The summed E-state index contributed by atoms with van der Waals surface area (Å²) in [6.07, 6.45) is 0.948. The van der Waals surface area contributed by atoms with Crippen molar-refractivity contribution < 1.29 is 9.53 Å². The van der Waals surface area contributed by atoms with Crippen LogP contribution in [-0.4, -0.2) is 32.2 Å². The van der Waals surface area contributed by atoms with Crippen LogP contribution in [0.3, 0.4) is 0 Å². The van der Waals surface area contributed by atoms with E-state index in [9.17, 15) is 4.79 Å². The number of benzene rings is 2. The van der Waals surface area contributed by atoms with Gasteiger partial charge in [0.2, 0.25) is 5.91 Å². The van der Waals surface area contributed by atoms with E-state index in [0.717, 1.165) is 42.8 Å². The van der Waals surface area contributed by atoms with Gasteiger partial charge in [0, 0.05) is 35.7 Å². The number of halogens is 1. The maximum absolute atomic E-state index is 12.4. The topological polar surface area (TPSA) is 41.6 Å². The Morgan fingerprint density at radius 2 is 1.77 bits per heavy atom. The minimum absolute atomic E-state index is 0.115.